The fourth-order valence-electron chi connectivity index (χ4n) is 2.00. The quantitative estimate of drug-likeness (QED) is 0.745. The van der Waals surface area contributed by atoms with Crippen LogP contribution in [-0.4, -0.2) is 22.7 Å². The molecule has 0 saturated carbocycles. The second kappa shape index (κ2) is 8.41. The Bertz CT molecular complexity index is 561. The van der Waals surface area contributed by atoms with Crippen LogP contribution in [0.1, 0.15) is 32.0 Å². The van der Waals surface area contributed by atoms with E-state index in [-0.39, 0.29) is 0 Å². The number of benzene rings is 1. The number of likely N-dealkylation sites (N-methyl/N-ethyl adjacent to an activating group) is 1. The van der Waals surface area contributed by atoms with Crippen molar-refractivity contribution in [1.82, 2.24) is 15.5 Å². The lowest BCUT2D eigenvalue weighted by atomic mass is 10.1. The predicted molar refractivity (Wildman–Crippen MR) is 86.8 cm³/mol. The topological polar surface area (TPSA) is 51.0 Å². The average Bonchev–Trinajstić information content (AvgIpc) is 2.92. The molecule has 0 spiro atoms. The number of rotatable bonds is 8. The molecule has 0 bridgehead atoms. The summed E-state index contributed by atoms with van der Waals surface area (Å²) in [6, 6.07) is 8.16. The second-order valence-electron chi connectivity index (χ2n) is 4.72. The van der Waals surface area contributed by atoms with Crippen LogP contribution < -0.4 is 5.32 Å². The molecule has 0 fully saturated rings. The lowest BCUT2D eigenvalue weighted by Gasteiger charge is -2.12. The van der Waals surface area contributed by atoms with Crippen LogP contribution >= 0.6 is 23.4 Å². The minimum atomic E-state index is 0.392. The zero-order valence-electron chi connectivity index (χ0n) is 12.3. The lowest BCUT2D eigenvalue weighted by molar-refractivity contribution is 0.352. The molecule has 0 aliphatic rings. The summed E-state index contributed by atoms with van der Waals surface area (Å²) in [5.41, 5.74) is 0. The Morgan fingerprint density at radius 2 is 2.24 bits per heavy atom. The van der Waals surface area contributed by atoms with E-state index < -0.39 is 0 Å². The molecule has 2 aromatic rings. The molecular formula is C15H20ClN3OS. The number of aromatic nitrogens is 2. The minimum Gasteiger partial charge on any atom is -0.339 e. The molecule has 1 unspecified atom stereocenters. The maximum Gasteiger partial charge on any atom is 0.228 e. The summed E-state index contributed by atoms with van der Waals surface area (Å²) in [4.78, 5) is 5.55. The van der Waals surface area contributed by atoms with Crippen molar-refractivity contribution in [1.29, 1.82) is 0 Å². The molecule has 0 saturated heterocycles. The van der Waals surface area contributed by atoms with E-state index in [9.17, 15) is 0 Å². The highest BCUT2D eigenvalue weighted by Gasteiger charge is 2.12. The Morgan fingerprint density at radius 1 is 1.38 bits per heavy atom. The van der Waals surface area contributed by atoms with Crippen molar-refractivity contribution < 1.29 is 4.52 Å². The van der Waals surface area contributed by atoms with Gasteiger partial charge in [0.2, 0.25) is 5.89 Å². The van der Waals surface area contributed by atoms with Gasteiger partial charge < -0.3 is 9.84 Å². The molecule has 1 N–H and O–H groups in total. The summed E-state index contributed by atoms with van der Waals surface area (Å²) in [6.07, 6.45) is 1.82. The van der Waals surface area contributed by atoms with Crippen molar-refractivity contribution in [3.8, 4) is 0 Å². The Kier molecular flexibility index (Phi) is 6.54. The molecule has 21 heavy (non-hydrogen) atoms. The van der Waals surface area contributed by atoms with Crippen LogP contribution in [-0.2, 0) is 12.2 Å². The van der Waals surface area contributed by atoms with E-state index in [1.165, 1.54) is 0 Å². The number of nitrogens with zero attached hydrogens (tertiary/aromatic N) is 2. The van der Waals surface area contributed by atoms with E-state index in [2.05, 4.69) is 29.3 Å². The summed E-state index contributed by atoms with van der Waals surface area (Å²) in [5.74, 6) is 2.10. The molecule has 1 atom stereocenters. The van der Waals surface area contributed by atoms with E-state index in [1.54, 1.807) is 11.8 Å². The first kappa shape index (κ1) is 16.3. The molecular weight excluding hydrogens is 306 g/mol. The minimum absolute atomic E-state index is 0.392. The Labute approximate surface area is 134 Å². The zero-order valence-corrected chi connectivity index (χ0v) is 13.9. The number of hydrogen-bond acceptors (Lipinski definition) is 5. The van der Waals surface area contributed by atoms with Gasteiger partial charge in [-0.3, -0.25) is 0 Å². The number of thioether (sulfide) groups is 1. The molecule has 0 radical (unpaired) electrons. The molecule has 1 aromatic carbocycles. The van der Waals surface area contributed by atoms with Crippen molar-refractivity contribution in [2.24, 2.45) is 0 Å². The summed E-state index contributed by atoms with van der Waals surface area (Å²) in [5, 5.41) is 8.18. The van der Waals surface area contributed by atoms with Gasteiger partial charge in [-0.05, 0) is 31.2 Å². The fourth-order valence-corrected chi connectivity index (χ4v) is 3.05. The number of nitrogens with one attached hydrogen (secondary N) is 1. The van der Waals surface area contributed by atoms with Gasteiger partial charge in [0.25, 0.3) is 0 Å². The predicted octanol–water partition coefficient (Wildman–Crippen LogP) is 3.95. The molecule has 114 valence electrons. The SMILES string of the molecule is CCNC(CC)Cc1nc(CSc2cccc(Cl)c2)no1. The molecule has 0 amide bonds. The van der Waals surface area contributed by atoms with Gasteiger partial charge in [-0.15, -0.1) is 11.8 Å². The molecule has 6 heteroatoms. The van der Waals surface area contributed by atoms with Crippen LogP contribution in [0.4, 0.5) is 0 Å². The normalized spacial score (nSPS) is 12.5. The molecule has 0 aliphatic heterocycles. The van der Waals surface area contributed by atoms with E-state index in [0.29, 0.717) is 17.7 Å². The van der Waals surface area contributed by atoms with E-state index in [1.807, 2.05) is 24.3 Å². The first-order chi connectivity index (χ1) is 10.2. The van der Waals surface area contributed by atoms with Crippen molar-refractivity contribution in [3.05, 3.63) is 41.0 Å². The first-order valence-electron chi connectivity index (χ1n) is 7.14. The van der Waals surface area contributed by atoms with Crippen molar-refractivity contribution in [3.63, 3.8) is 0 Å². The van der Waals surface area contributed by atoms with Gasteiger partial charge in [0.05, 0.1) is 5.75 Å². The van der Waals surface area contributed by atoms with E-state index >= 15 is 0 Å². The highest BCUT2D eigenvalue weighted by molar-refractivity contribution is 7.98. The van der Waals surface area contributed by atoms with Crippen LogP contribution in [0, 0.1) is 0 Å². The maximum atomic E-state index is 5.96. The van der Waals surface area contributed by atoms with Gasteiger partial charge in [0.15, 0.2) is 5.82 Å². The van der Waals surface area contributed by atoms with Crippen LogP contribution in [0.5, 0.6) is 0 Å². The smallest absolute Gasteiger partial charge is 0.228 e. The van der Waals surface area contributed by atoms with E-state index in [0.717, 1.165) is 35.1 Å². The maximum absolute atomic E-state index is 5.96. The third-order valence-electron chi connectivity index (χ3n) is 3.08. The summed E-state index contributed by atoms with van der Waals surface area (Å²) in [6.45, 7) is 5.20. The molecule has 1 aromatic heterocycles. The summed E-state index contributed by atoms with van der Waals surface area (Å²) in [7, 11) is 0. The lowest BCUT2D eigenvalue weighted by Crippen LogP contribution is -2.30. The Morgan fingerprint density at radius 3 is 2.95 bits per heavy atom. The third kappa shape index (κ3) is 5.34. The van der Waals surface area contributed by atoms with Gasteiger partial charge in [0.1, 0.15) is 0 Å². The number of halogens is 1. The first-order valence-corrected chi connectivity index (χ1v) is 8.50. The fraction of sp³-hybridized carbons (Fsp3) is 0.467. The second-order valence-corrected chi connectivity index (χ2v) is 6.20. The van der Waals surface area contributed by atoms with Crippen molar-refractivity contribution in [2.75, 3.05) is 6.54 Å². The van der Waals surface area contributed by atoms with Crippen molar-refractivity contribution in [2.45, 2.75) is 43.4 Å². The third-order valence-corrected chi connectivity index (χ3v) is 4.31. The highest BCUT2D eigenvalue weighted by atomic mass is 35.5. The monoisotopic (exact) mass is 325 g/mol. The van der Waals surface area contributed by atoms with Gasteiger partial charge in [-0.25, -0.2) is 0 Å². The van der Waals surface area contributed by atoms with Crippen LogP contribution in [0.15, 0.2) is 33.7 Å². The summed E-state index contributed by atoms with van der Waals surface area (Å²) < 4.78 is 5.31. The highest BCUT2D eigenvalue weighted by Crippen LogP contribution is 2.24. The number of hydrogen-bond donors (Lipinski definition) is 1. The van der Waals surface area contributed by atoms with Crippen LogP contribution in [0.3, 0.4) is 0 Å². The van der Waals surface area contributed by atoms with Gasteiger partial charge in [-0.2, -0.15) is 4.98 Å². The Hall–Kier alpha value is -1.04. The Balaban J connectivity index is 1.88. The van der Waals surface area contributed by atoms with E-state index in [4.69, 9.17) is 16.1 Å². The average molecular weight is 326 g/mol. The molecule has 0 aliphatic carbocycles. The van der Waals surface area contributed by atoms with Crippen LogP contribution in [0.2, 0.25) is 5.02 Å². The largest absolute Gasteiger partial charge is 0.339 e. The van der Waals surface area contributed by atoms with Gasteiger partial charge >= 0.3 is 0 Å². The zero-order chi connectivity index (χ0) is 15.1. The standard InChI is InChI=1S/C15H20ClN3OS/c1-3-12(17-4-2)9-15-18-14(19-20-15)10-21-13-7-5-6-11(16)8-13/h5-8,12,17H,3-4,9-10H2,1-2H3. The van der Waals surface area contributed by atoms with Crippen LogP contribution in [0.25, 0.3) is 0 Å². The van der Waals surface area contributed by atoms with Crippen molar-refractivity contribution >= 4 is 23.4 Å². The summed E-state index contributed by atoms with van der Waals surface area (Å²) >= 11 is 7.61. The molecule has 4 nitrogen and oxygen atoms in total. The van der Waals surface area contributed by atoms with Gasteiger partial charge in [-0.1, -0.05) is 36.7 Å². The molecule has 2 rings (SSSR count). The van der Waals surface area contributed by atoms with Gasteiger partial charge in [0, 0.05) is 22.4 Å². The molecule has 1 heterocycles.